The highest BCUT2D eigenvalue weighted by Crippen LogP contribution is 2.26. The lowest BCUT2D eigenvalue weighted by molar-refractivity contribution is -0.274. The first-order valence-corrected chi connectivity index (χ1v) is 6.70. The zero-order valence-electron chi connectivity index (χ0n) is 12.4. The van der Waals surface area contributed by atoms with E-state index in [1.54, 1.807) is 18.5 Å². The molecule has 23 heavy (non-hydrogen) atoms. The Kier molecular flexibility index (Phi) is 4.35. The van der Waals surface area contributed by atoms with E-state index in [1.165, 1.54) is 6.07 Å². The van der Waals surface area contributed by atoms with Gasteiger partial charge in [0.05, 0.1) is 5.52 Å². The maximum Gasteiger partial charge on any atom is 0.573 e. The number of nitrogens with zero attached hydrogens (tertiary/aromatic N) is 1. The molecule has 0 aliphatic rings. The topological polar surface area (TPSA) is 68.5 Å². The monoisotopic (exact) mass is 329 g/mol. The van der Waals surface area contributed by atoms with Gasteiger partial charge in [0.25, 0.3) is 0 Å². The van der Waals surface area contributed by atoms with E-state index in [-0.39, 0.29) is 23.8 Å². The summed E-state index contributed by atoms with van der Waals surface area (Å²) in [4.78, 5) is 23.2. The van der Waals surface area contributed by atoms with Crippen molar-refractivity contribution in [3.63, 3.8) is 0 Å². The van der Waals surface area contributed by atoms with Crippen LogP contribution in [0.25, 0.3) is 10.9 Å². The Hall–Kier alpha value is -2.51. The van der Waals surface area contributed by atoms with E-state index < -0.39 is 23.5 Å². The van der Waals surface area contributed by atoms with Crippen LogP contribution < -0.4 is 10.2 Å². The second kappa shape index (κ2) is 5.94. The fraction of sp³-hybridized carbons (Fsp3) is 0.333. The molecule has 124 valence electrons. The average molecular weight is 329 g/mol. The van der Waals surface area contributed by atoms with Crippen molar-refractivity contribution < 1.29 is 27.8 Å². The van der Waals surface area contributed by atoms with Crippen LogP contribution in [0, 0.1) is 6.92 Å². The number of hydrogen-bond donors (Lipinski definition) is 1. The molecule has 0 aliphatic carbocycles. The van der Waals surface area contributed by atoms with Gasteiger partial charge in [0.2, 0.25) is 0 Å². The molecule has 2 rings (SSSR count). The van der Waals surface area contributed by atoms with E-state index in [4.69, 9.17) is 5.11 Å². The van der Waals surface area contributed by atoms with Crippen LogP contribution in [-0.2, 0) is 18.3 Å². The van der Waals surface area contributed by atoms with Crippen LogP contribution in [0.2, 0.25) is 0 Å². The number of alkyl halides is 3. The molecule has 1 N–H and O–H groups in total. The van der Waals surface area contributed by atoms with Gasteiger partial charge < -0.3 is 14.4 Å². The van der Waals surface area contributed by atoms with Crippen molar-refractivity contribution in [2.75, 3.05) is 0 Å². The third-order valence-corrected chi connectivity index (χ3v) is 3.61. The molecule has 8 heteroatoms. The largest absolute Gasteiger partial charge is 0.573 e. The minimum atomic E-state index is -4.85. The number of carbonyl (C=O) groups is 1. The summed E-state index contributed by atoms with van der Waals surface area (Å²) in [6.45, 7) is 1.66. The van der Waals surface area contributed by atoms with Crippen LogP contribution in [0.15, 0.2) is 23.0 Å². The number of fused-ring (bicyclic) bond motifs is 1. The Balaban J connectivity index is 2.61. The highest BCUT2D eigenvalue weighted by molar-refractivity contribution is 5.82. The Bertz CT molecular complexity index is 824. The van der Waals surface area contributed by atoms with E-state index >= 15 is 0 Å². The molecule has 0 spiro atoms. The molecule has 0 fully saturated rings. The van der Waals surface area contributed by atoms with Gasteiger partial charge in [-0.05, 0) is 31.5 Å². The maximum absolute atomic E-state index is 12.5. The van der Waals surface area contributed by atoms with Gasteiger partial charge in [-0.3, -0.25) is 9.59 Å². The molecular weight excluding hydrogens is 315 g/mol. The Morgan fingerprint density at radius 1 is 1.35 bits per heavy atom. The quantitative estimate of drug-likeness (QED) is 0.936. The Morgan fingerprint density at radius 3 is 2.57 bits per heavy atom. The third-order valence-electron chi connectivity index (χ3n) is 3.61. The van der Waals surface area contributed by atoms with Crippen LogP contribution in [0.1, 0.15) is 17.7 Å². The van der Waals surface area contributed by atoms with E-state index in [9.17, 15) is 22.8 Å². The number of aliphatic carboxylic acids is 1. The molecule has 1 aromatic heterocycles. The molecule has 5 nitrogen and oxygen atoms in total. The third kappa shape index (κ3) is 3.64. The molecule has 0 saturated heterocycles. The van der Waals surface area contributed by atoms with Gasteiger partial charge in [-0.15, -0.1) is 13.2 Å². The van der Waals surface area contributed by atoms with Crippen LogP contribution in [0.4, 0.5) is 13.2 Å². The van der Waals surface area contributed by atoms with E-state index in [2.05, 4.69) is 4.74 Å². The van der Waals surface area contributed by atoms with Crippen molar-refractivity contribution in [3.8, 4) is 5.75 Å². The summed E-state index contributed by atoms with van der Waals surface area (Å²) in [7, 11) is 1.66. The Labute approximate surface area is 128 Å². The molecule has 0 radical (unpaired) electrons. The first-order chi connectivity index (χ1) is 10.6. The minimum absolute atomic E-state index is 0.00807. The molecule has 0 unspecified atom stereocenters. The molecular formula is C15H14F3NO4. The Morgan fingerprint density at radius 2 is 2.00 bits per heavy atom. The number of benzene rings is 1. The molecule has 0 saturated carbocycles. The van der Waals surface area contributed by atoms with E-state index in [0.717, 1.165) is 12.1 Å². The van der Waals surface area contributed by atoms with Gasteiger partial charge in [-0.1, -0.05) is 0 Å². The van der Waals surface area contributed by atoms with Crippen molar-refractivity contribution in [2.24, 2.45) is 7.05 Å². The molecule has 1 heterocycles. The fourth-order valence-corrected chi connectivity index (χ4v) is 2.42. The van der Waals surface area contributed by atoms with Gasteiger partial charge in [-0.2, -0.15) is 0 Å². The average Bonchev–Trinajstić information content (AvgIpc) is 2.43. The summed E-state index contributed by atoms with van der Waals surface area (Å²) in [6.07, 6.45) is -5.08. The van der Waals surface area contributed by atoms with Gasteiger partial charge in [0.15, 0.2) is 5.43 Å². The number of carboxylic acids is 1. The molecule has 0 bridgehead atoms. The second-order valence-electron chi connectivity index (χ2n) is 5.07. The number of hydrogen-bond acceptors (Lipinski definition) is 3. The summed E-state index contributed by atoms with van der Waals surface area (Å²) in [5.41, 5.74) is 0.811. The maximum atomic E-state index is 12.5. The molecule has 0 amide bonds. The summed E-state index contributed by atoms with van der Waals surface area (Å²) < 4.78 is 42.4. The van der Waals surface area contributed by atoms with Crippen molar-refractivity contribution in [1.82, 2.24) is 4.57 Å². The predicted molar refractivity (Wildman–Crippen MR) is 76.6 cm³/mol. The highest BCUT2D eigenvalue weighted by Gasteiger charge is 2.31. The highest BCUT2D eigenvalue weighted by atomic mass is 19.4. The number of ether oxygens (including phenoxy) is 1. The SMILES string of the molecule is Cc1c(CCC(=O)O)c(=O)c2cc(OC(F)(F)F)ccc2n1C. The van der Waals surface area contributed by atoms with Gasteiger partial charge in [0, 0.05) is 30.1 Å². The smallest absolute Gasteiger partial charge is 0.481 e. The van der Waals surface area contributed by atoms with Crippen molar-refractivity contribution in [1.29, 1.82) is 0 Å². The number of pyridine rings is 1. The van der Waals surface area contributed by atoms with Gasteiger partial charge in [0.1, 0.15) is 5.75 Å². The number of aryl methyl sites for hydroxylation is 1. The molecule has 1 aromatic carbocycles. The summed E-state index contributed by atoms with van der Waals surface area (Å²) >= 11 is 0. The lowest BCUT2D eigenvalue weighted by atomic mass is 10.0. The standard InChI is InChI=1S/C15H14F3NO4/c1-8-10(4-6-13(20)21)14(22)11-7-9(23-15(16,17)18)3-5-12(11)19(8)2/h3,5,7H,4,6H2,1-2H3,(H,20,21). The zero-order chi connectivity index (χ0) is 17.4. The lowest BCUT2D eigenvalue weighted by Gasteiger charge is -2.15. The number of halogens is 3. The molecule has 0 atom stereocenters. The van der Waals surface area contributed by atoms with Gasteiger partial charge in [-0.25, -0.2) is 0 Å². The summed E-state index contributed by atoms with van der Waals surface area (Å²) in [5.74, 6) is -1.55. The summed E-state index contributed by atoms with van der Waals surface area (Å²) in [5, 5.41) is 8.81. The van der Waals surface area contributed by atoms with Crippen LogP contribution in [0.3, 0.4) is 0 Å². The number of rotatable bonds is 4. The second-order valence-corrected chi connectivity index (χ2v) is 5.07. The van der Waals surface area contributed by atoms with E-state index in [0.29, 0.717) is 11.2 Å². The minimum Gasteiger partial charge on any atom is -0.481 e. The summed E-state index contributed by atoms with van der Waals surface area (Å²) in [6, 6.07) is 3.52. The zero-order valence-corrected chi connectivity index (χ0v) is 12.4. The van der Waals surface area contributed by atoms with Gasteiger partial charge >= 0.3 is 12.3 Å². The van der Waals surface area contributed by atoms with Crippen LogP contribution in [-0.4, -0.2) is 22.0 Å². The first kappa shape index (κ1) is 16.9. The first-order valence-electron chi connectivity index (χ1n) is 6.70. The van der Waals surface area contributed by atoms with Crippen molar-refractivity contribution in [2.45, 2.75) is 26.1 Å². The van der Waals surface area contributed by atoms with Crippen molar-refractivity contribution >= 4 is 16.9 Å². The molecule has 0 aliphatic heterocycles. The predicted octanol–water partition coefficient (Wildman–Crippen LogP) is 2.76. The lowest BCUT2D eigenvalue weighted by Crippen LogP contribution is -2.20. The normalized spacial score (nSPS) is 11.7. The van der Waals surface area contributed by atoms with Crippen LogP contribution in [0.5, 0.6) is 5.75 Å². The van der Waals surface area contributed by atoms with Crippen LogP contribution >= 0.6 is 0 Å². The molecule has 2 aromatic rings. The number of aromatic nitrogens is 1. The van der Waals surface area contributed by atoms with E-state index in [1.807, 2.05) is 0 Å². The fourth-order valence-electron chi connectivity index (χ4n) is 2.42. The number of carboxylic acid groups (broad SMARTS) is 1. The van der Waals surface area contributed by atoms with Crippen molar-refractivity contribution in [3.05, 3.63) is 39.7 Å².